The lowest BCUT2D eigenvalue weighted by Crippen LogP contribution is -2.42. The molecule has 0 radical (unpaired) electrons. The predicted molar refractivity (Wildman–Crippen MR) is 80.0 cm³/mol. The zero-order valence-electron chi connectivity index (χ0n) is 11.3. The van der Waals surface area contributed by atoms with Crippen molar-refractivity contribution in [2.75, 3.05) is 32.4 Å². The fourth-order valence-corrected chi connectivity index (χ4v) is 4.11. The third-order valence-corrected chi connectivity index (χ3v) is 5.56. The van der Waals surface area contributed by atoms with Crippen LogP contribution in [0.5, 0.6) is 0 Å². The SMILES string of the molecule is CS(=O)(=O)N1CCCC(CNCCc2ccsc2)C1. The molecule has 4 nitrogen and oxygen atoms in total. The molecule has 2 rings (SSSR count). The molecule has 2 heterocycles. The van der Waals surface area contributed by atoms with Crippen LogP contribution in [0.4, 0.5) is 0 Å². The van der Waals surface area contributed by atoms with E-state index in [1.807, 2.05) is 0 Å². The fourth-order valence-electron chi connectivity index (χ4n) is 2.47. The van der Waals surface area contributed by atoms with E-state index in [4.69, 9.17) is 0 Å². The second-order valence-corrected chi connectivity index (χ2v) is 7.98. The fraction of sp³-hybridized carbons (Fsp3) is 0.692. The highest BCUT2D eigenvalue weighted by Crippen LogP contribution is 2.17. The first-order valence-corrected chi connectivity index (χ1v) is 9.52. The van der Waals surface area contributed by atoms with Crippen molar-refractivity contribution in [3.05, 3.63) is 22.4 Å². The Morgan fingerprint density at radius 2 is 2.37 bits per heavy atom. The maximum atomic E-state index is 11.5. The highest BCUT2D eigenvalue weighted by atomic mass is 32.2. The summed E-state index contributed by atoms with van der Waals surface area (Å²) < 4.78 is 24.7. The molecule has 1 fully saturated rings. The summed E-state index contributed by atoms with van der Waals surface area (Å²) in [4.78, 5) is 0. The van der Waals surface area contributed by atoms with Gasteiger partial charge < -0.3 is 5.32 Å². The van der Waals surface area contributed by atoms with E-state index >= 15 is 0 Å². The molecule has 0 bridgehead atoms. The van der Waals surface area contributed by atoms with Crippen LogP contribution in [0, 0.1) is 5.92 Å². The van der Waals surface area contributed by atoms with Gasteiger partial charge in [-0.25, -0.2) is 12.7 Å². The Morgan fingerprint density at radius 3 is 3.05 bits per heavy atom. The zero-order valence-corrected chi connectivity index (χ0v) is 13.0. The number of thiophene rings is 1. The molecule has 0 spiro atoms. The van der Waals surface area contributed by atoms with E-state index in [-0.39, 0.29) is 0 Å². The van der Waals surface area contributed by atoms with Crippen molar-refractivity contribution >= 4 is 21.4 Å². The van der Waals surface area contributed by atoms with E-state index in [0.29, 0.717) is 19.0 Å². The Labute approximate surface area is 119 Å². The highest BCUT2D eigenvalue weighted by Gasteiger charge is 2.25. The summed E-state index contributed by atoms with van der Waals surface area (Å²) in [6.45, 7) is 3.23. The monoisotopic (exact) mass is 302 g/mol. The van der Waals surface area contributed by atoms with Crippen molar-refractivity contribution in [1.29, 1.82) is 0 Å². The number of sulfonamides is 1. The van der Waals surface area contributed by atoms with Crippen LogP contribution in [0.2, 0.25) is 0 Å². The van der Waals surface area contributed by atoms with Crippen molar-refractivity contribution in [3.8, 4) is 0 Å². The van der Waals surface area contributed by atoms with Gasteiger partial charge in [-0.2, -0.15) is 11.3 Å². The maximum Gasteiger partial charge on any atom is 0.211 e. The van der Waals surface area contributed by atoms with Crippen LogP contribution in [0.3, 0.4) is 0 Å². The molecule has 0 aliphatic carbocycles. The molecule has 1 saturated heterocycles. The lowest BCUT2D eigenvalue weighted by Gasteiger charge is -2.31. The zero-order chi connectivity index (χ0) is 13.7. The normalized spacial score (nSPS) is 21.6. The summed E-state index contributed by atoms with van der Waals surface area (Å²) in [6, 6.07) is 2.15. The smallest absolute Gasteiger partial charge is 0.211 e. The van der Waals surface area contributed by atoms with Crippen LogP contribution in [-0.2, 0) is 16.4 Å². The van der Waals surface area contributed by atoms with Gasteiger partial charge in [0.15, 0.2) is 0 Å². The quantitative estimate of drug-likeness (QED) is 0.811. The van der Waals surface area contributed by atoms with Gasteiger partial charge in [0.25, 0.3) is 0 Å². The number of hydrogen-bond donors (Lipinski definition) is 1. The number of nitrogens with one attached hydrogen (secondary N) is 1. The van der Waals surface area contributed by atoms with E-state index in [1.54, 1.807) is 15.6 Å². The minimum Gasteiger partial charge on any atom is -0.316 e. The average Bonchev–Trinajstić information content (AvgIpc) is 2.87. The van der Waals surface area contributed by atoms with Gasteiger partial charge in [0.2, 0.25) is 10.0 Å². The van der Waals surface area contributed by atoms with E-state index < -0.39 is 10.0 Å². The summed E-state index contributed by atoms with van der Waals surface area (Å²) >= 11 is 1.73. The van der Waals surface area contributed by atoms with Crippen LogP contribution < -0.4 is 5.32 Å². The molecular weight excluding hydrogens is 280 g/mol. The van der Waals surface area contributed by atoms with E-state index in [9.17, 15) is 8.42 Å². The minimum atomic E-state index is -3.02. The van der Waals surface area contributed by atoms with Gasteiger partial charge in [0.1, 0.15) is 0 Å². The number of nitrogens with zero attached hydrogens (tertiary/aromatic N) is 1. The highest BCUT2D eigenvalue weighted by molar-refractivity contribution is 7.88. The van der Waals surface area contributed by atoms with E-state index in [0.717, 1.165) is 32.4 Å². The minimum absolute atomic E-state index is 0.450. The molecule has 1 aliphatic heterocycles. The van der Waals surface area contributed by atoms with Gasteiger partial charge in [-0.15, -0.1) is 0 Å². The molecule has 0 amide bonds. The van der Waals surface area contributed by atoms with Crippen LogP contribution in [0.1, 0.15) is 18.4 Å². The van der Waals surface area contributed by atoms with Crippen LogP contribution in [0.15, 0.2) is 16.8 Å². The number of rotatable bonds is 6. The Kier molecular flexibility index (Phi) is 5.38. The summed E-state index contributed by atoms with van der Waals surface area (Å²) in [5.41, 5.74) is 1.37. The molecule has 0 saturated carbocycles. The van der Waals surface area contributed by atoms with Crippen molar-refractivity contribution in [2.45, 2.75) is 19.3 Å². The second kappa shape index (κ2) is 6.83. The first-order valence-electron chi connectivity index (χ1n) is 6.72. The maximum absolute atomic E-state index is 11.5. The standard InChI is InChI=1S/C13H22N2O2S2/c1-19(16,17)15-7-2-3-13(10-15)9-14-6-4-12-5-8-18-11-12/h5,8,11,13-14H,2-4,6-7,9-10H2,1H3. The summed E-state index contributed by atoms with van der Waals surface area (Å²) in [5, 5.41) is 7.72. The largest absolute Gasteiger partial charge is 0.316 e. The molecule has 1 aliphatic rings. The first kappa shape index (κ1) is 15.0. The second-order valence-electron chi connectivity index (χ2n) is 5.21. The van der Waals surface area contributed by atoms with Crippen molar-refractivity contribution in [1.82, 2.24) is 9.62 Å². The third-order valence-electron chi connectivity index (χ3n) is 3.55. The van der Waals surface area contributed by atoms with Crippen LogP contribution in [0.25, 0.3) is 0 Å². The Morgan fingerprint density at radius 1 is 1.53 bits per heavy atom. The topological polar surface area (TPSA) is 49.4 Å². The number of hydrogen-bond acceptors (Lipinski definition) is 4. The van der Waals surface area contributed by atoms with Crippen molar-refractivity contribution < 1.29 is 8.42 Å². The van der Waals surface area contributed by atoms with Gasteiger partial charge in [0, 0.05) is 13.1 Å². The van der Waals surface area contributed by atoms with Gasteiger partial charge in [-0.1, -0.05) is 0 Å². The Hall–Kier alpha value is -0.430. The van der Waals surface area contributed by atoms with Gasteiger partial charge in [-0.3, -0.25) is 0 Å². The molecule has 1 aromatic rings. The molecule has 6 heteroatoms. The number of piperidine rings is 1. The summed E-state index contributed by atoms with van der Waals surface area (Å²) in [7, 11) is -3.02. The molecule has 1 aromatic heterocycles. The molecule has 1 unspecified atom stereocenters. The molecule has 19 heavy (non-hydrogen) atoms. The summed E-state index contributed by atoms with van der Waals surface area (Å²) in [6.07, 6.45) is 4.45. The molecule has 0 aromatic carbocycles. The lowest BCUT2D eigenvalue weighted by molar-refractivity contribution is 0.262. The predicted octanol–water partition coefficient (Wildman–Crippen LogP) is 1.55. The van der Waals surface area contributed by atoms with Crippen molar-refractivity contribution in [2.24, 2.45) is 5.92 Å². The third kappa shape index (κ3) is 4.87. The van der Waals surface area contributed by atoms with E-state index in [1.165, 1.54) is 11.8 Å². The molecule has 1 atom stereocenters. The average molecular weight is 302 g/mol. The van der Waals surface area contributed by atoms with Gasteiger partial charge in [-0.05, 0) is 60.7 Å². The van der Waals surface area contributed by atoms with Gasteiger partial charge >= 0.3 is 0 Å². The first-order chi connectivity index (χ1) is 9.05. The summed E-state index contributed by atoms with van der Waals surface area (Å²) in [5.74, 6) is 0.450. The van der Waals surface area contributed by atoms with Crippen LogP contribution >= 0.6 is 11.3 Å². The molecule has 108 valence electrons. The lowest BCUT2D eigenvalue weighted by atomic mass is 10.00. The Balaban J connectivity index is 1.68. The molecular formula is C13H22N2O2S2. The molecule has 1 N–H and O–H groups in total. The van der Waals surface area contributed by atoms with E-state index in [2.05, 4.69) is 22.1 Å². The van der Waals surface area contributed by atoms with Gasteiger partial charge in [0.05, 0.1) is 6.26 Å². The van der Waals surface area contributed by atoms with Crippen LogP contribution in [-0.4, -0.2) is 45.2 Å². The Bertz CT molecular complexity index is 471. The van der Waals surface area contributed by atoms with Crippen molar-refractivity contribution in [3.63, 3.8) is 0 Å².